The van der Waals surface area contributed by atoms with E-state index in [2.05, 4.69) is 10.5 Å². The molecule has 2 aliphatic rings. The lowest BCUT2D eigenvalue weighted by Gasteiger charge is -2.38. The molecule has 0 bridgehead atoms. The summed E-state index contributed by atoms with van der Waals surface area (Å²) in [6.45, 7) is 0.959. The van der Waals surface area contributed by atoms with E-state index in [1.165, 1.54) is 0 Å². The van der Waals surface area contributed by atoms with Crippen LogP contribution in [0.15, 0.2) is 65.2 Å². The number of hydrogen-bond acceptors (Lipinski definition) is 5. The molecule has 1 saturated heterocycles. The highest BCUT2D eigenvalue weighted by molar-refractivity contribution is 5.95. The number of esters is 1. The van der Waals surface area contributed by atoms with Gasteiger partial charge in [0.2, 0.25) is 5.88 Å². The summed E-state index contributed by atoms with van der Waals surface area (Å²) < 4.78 is 11.0. The number of piperidine rings is 1. The quantitative estimate of drug-likeness (QED) is 0.669. The zero-order valence-electron chi connectivity index (χ0n) is 15.6. The maximum Gasteiger partial charge on any atom is 0.339 e. The Labute approximate surface area is 167 Å². The summed E-state index contributed by atoms with van der Waals surface area (Å²) in [6, 6.07) is 18.5. The molecule has 1 aromatic heterocycles. The third kappa shape index (κ3) is 3.04. The number of nitrogens with zero attached hydrogens (tertiary/aromatic N) is 2. The van der Waals surface area contributed by atoms with E-state index in [0.717, 1.165) is 11.1 Å². The smallest absolute Gasteiger partial charge is 0.339 e. The van der Waals surface area contributed by atoms with Crippen molar-refractivity contribution in [1.82, 2.24) is 10.1 Å². The van der Waals surface area contributed by atoms with Gasteiger partial charge in [0.15, 0.2) is 0 Å². The number of ether oxygens (including phenoxy) is 1. The van der Waals surface area contributed by atoms with Gasteiger partial charge in [-0.15, -0.1) is 0 Å². The van der Waals surface area contributed by atoms with Crippen molar-refractivity contribution in [2.24, 2.45) is 0 Å². The number of aromatic nitrogens is 1. The van der Waals surface area contributed by atoms with E-state index in [-0.39, 0.29) is 12.0 Å². The predicted molar refractivity (Wildman–Crippen MR) is 105 cm³/mol. The number of likely N-dealkylation sites (tertiary alicyclic amines) is 1. The fourth-order valence-electron chi connectivity index (χ4n) is 4.05. The molecule has 3 aromatic rings. The number of amides is 2. The summed E-state index contributed by atoms with van der Waals surface area (Å²) in [5, 5.41) is 6.77. The molecule has 5 rings (SSSR count). The third-order valence-corrected chi connectivity index (χ3v) is 5.59. The van der Waals surface area contributed by atoms with Crippen LogP contribution in [0.5, 0.6) is 0 Å². The molecule has 0 radical (unpaired) electrons. The standard InChI is InChI=1S/C22H19N3O4/c26-20-16-8-4-5-9-17(16)22(28-20)10-12-25(13-11-22)21(27)23-19-14-18(24-29-19)15-6-2-1-3-7-15/h1-9,14H,10-13H2,(H,23,27). The number of hydrogen-bond donors (Lipinski definition) is 1. The molecule has 1 N–H and O–H groups in total. The zero-order valence-corrected chi connectivity index (χ0v) is 15.6. The molecule has 0 aliphatic carbocycles. The largest absolute Gasteiger partial charge is 0.450 e. The average molecular weight is 389 g/mol. The predicted octanol–water partition coefficient (Wildman–Crippen LogP) is 4.04. The lowest BCUT2D eigenvalue weighted by Crippen LogP contribution is -2.46. The molecular weight excluding hydrogens is 370 g/mol. The van der Waals surface area contributed by atoms with Crippen molar-refractivity contribution in [3.05, 3.63) is 71.8 Å². The highest BCUT2D eigenvalue weighted by atomic mass is 16.6. The van der Waals surface area contributed by atoms with Gasteiger partial charge in [-0.25, -0.2) is 9.59 Å². The number of carbonyl (C=O) groups excluding carboxylic acids is 2. The van der Waals surface area contributed by atoms with E-state index >= 15 is 0 Å². The van der Waals surface area contributed by atoms with Crippen molar-refractivity contribution < 1.29 is 18.8 Å². The fourth-order valence-corrected chi connectivity index (χ4v) is 4.05. The van der Waals surface area contributed by atoms with Crippen molar-refractivity contribution in [1.29, 1.82) is 0 Å². The summed E-state index contributed by atoms with van der Waals surface area (Å²) in [6.07, 6.45) is 1.13. The van der Waals surface area contributed by atoms with E-state index in [9.17, 15) is 9.59 Å². The topological polar surface area (TPSA) is 84.7 Å². The monoisotopic (exact) mass is 389 g/mol. The second kappa shape index (κ2) is 6.77. The van der Waals surface area contributed by atoms with E-state index in [0.29, 0.717) is 43.1 Å². The molecule has 146 valence electrons. The summed E-state index contributed by atoms with van der Waals surface area (Å²) in [5.41, 5.74) is 2.50. The molecule has 0 saturated carbocycles. The minimum absolute atomic E-state index is 0.256. The average Bonchev–Trinajstić information content (AvgIpc) is 3.33. The molecule has 0 atom stereocenters. The molecule has 7 nitrogen and oxygen atoms in total. The lowest BCUT2D eigenvalue weighted by molar-refractivity contribution is -0.0363. The van der Waals surface area contributed by atoms with Crippen LogP contribution >= 0.6 is 0 Å². The Balaban J connectivity index is 1.25. The summed E-state index contributed by atoms with van der Waals surface area (Å²) in [7, 11) is 0. The highest BCUT2D eigenvalue weighted by Gasteiger charge is 2.47. The number of nitrogens with one attached hydrogen (secondary N) is 1. The molecule has 2 aliphatic heterocycles. The van der Waals surface area contributed by atoms with Gasteiger partial charge in [-0.2, -0.15) is 0 Å². The Hall–Kier alpha value is -3.61. The Morgan fingerprint density at radius 3 is 2.55 bits per heavy atom. The third-order valence-electron chi connectivity index (χ3n) is 5.59. The van der Waals surface area contributed by atoms with Gasteiger partial charge in [-0.05, 0) is 6.07 Å². The van der Waals surface area contributed by atoms with Gasteiger partial charge in [-0.3, -0.25) is 5.32 Å². The minimum Gasteiger partial charge on any atom is -0.450 e. The molecule has 7 heteroatoms. The van der Waals surface area contributed by atoms with Crippen LogP contribution in [0, 0.1) is 0 Å². The van der Waals surface area contributed by atoms with E-state index in [1.54, 1.807) is 17.0 Å². The molecule has 0 unspecified atom stereocenters. The molecule has 3 heterocycles. The second-order valence-electron chi connectivity index (χ2n) is 7.29. The van der Waals surface area contributed by atoms with Crippen LogP contribution in [0.4, 0.5) is 10.7 Å². The first-order valence-corrected chi connectivity index (χ1v) is 9.56. The van der Waals surface area contributed by atoms with Gasteiger partial charge in [0.05, 0.1) is 5.56 Å². The fraction of sp³-hybridized carbons (Fsp3) is 0.227. The van der Waals surface area contributed by atoms with Crippen LogP contribution in [-0.2, 0) is 10.3 Å². The van der Waals surface area contributed by atoms with Gasteiger partial charge >= 0.3 is 12.0 Å². The SMILES string of the molecule is O=C1OC2(CCN(C(=O)Nc3cc(-c4ccccc4)no3)CC2)c2ccccc21. The first kappa shape index (κ1) is 17.5. The Kier molecular flexibility index (Phi) is 4.08. The summed E-state index contributed by atoms with van der Waals surface area (Å²) in [5.74, 6) is 0.0142. The number of carbonyl (C=O) groups is 2. The molecule has 1 spiro atoms. The minimum atomic E-state index is -0.628. The molecule has 2 amide bonds. The van der Waals surface area contributed by atoms with Crippen molar-refractivity contribution >= 4 is 17.9 Å². The normalized spacial score (nSPS) is 17.1. The maximum absolute atomic E-state index is 12.6. The first-order valence-electron chi connectivity index (χ1n) is 9.56. The van der Waals surface area contributed by atoms with E-state index in [4.69, 9.17) is 9.26 Å². The van der Waals surface area contributed by atoms with Crippen molar-refractivity contribution in [3.8, 4) is 11.3 Å². The van der Waals surface area contributed by atoms with Gasteiger partial charge in [0.25, 0.3) is 0 Å². The number of urea groups is 1. The highest BCUT2D eigenvalue weighted by Crippen LogP contribution is 2.44. The number of fused-ring (bicyclic) bond motifs is 2. The summed E-state index contributed by atoms with van der Waals surface area (Å²) in [4.78, 5) is 26.5. The van der Waals surface area contributed by atoms with Crippen molar-refractivity contribution in [2.45, 2.75) is 18.4 Å². The van der Waals surface area contributed by atoms with Crippen LogP contribution in [0.2, 0.25) is 0 Å². The van der Waals surface area contributed by atoms with E-state index < -0.39 is 5.60 Å². The molecule has 1 fully saturated rings. The van der Waals surface area contributed by atoms with Gasteiger partial charge in [0.1, 0.15) is 11.3 Å². The molecular formula is C22H19N3O4. The number of anilines is 1. The van der Waals surface area contributed by atoms with Crippen LogP contribution in [0.3, 0.4) is 0 Å². The van der Waals surface area contributed by atoms with Crippen LogP contribution in [0.1, 0.15) is 28.8 Å². The Morgan fingerprint density at radius 1 is 1.03 bits per heavy atom. The second-order valence-corrected chi connectivity index (χ2v) is 7.29. The van der Waals surface area contributed by atoms with Gasteiger partial charge in [-0.1, -0.05) is 53.7 Å². The van der Waals surface area contributed by atoms with Crippen LogP contribution < -0.4 is 5.32 Å². The summed E-state index contributed by atoms with van der Waals surface area (Å²) >= 11 is 0. The van der Waals surface area contributed by atoms with Crippen LogP contribution in [0.25, 0.3) is 11.3 Å². The first-order chi connectivity index (χ1) is 14.1. The molecule has 2 aromatic carbocycles. The maximum atomic E-state index is 12.6. The van der Waals surface area contributed by atoms with Crippen molar-refractivity contribution in [3.63, 3.8) is 0 Å². The molecule has 29 heavy (non-hydrogen) atoms. The van der Waals surface area contributed by atoms with E-state index in [1.807, 2.05) is 48.5 Å². The van der Waals surface area contributed by atoms with Gasteiger partial charge in [0, 0.05) is 43.1 Å². The Bertz CT molecular complexity index is 1070. The van der Waals surface area contributed by atoms with Crippen LogP contribution in [-0.4, -0.2) is 35.1 Å². The van der Waals surface area contributed by atoms with Crippen molar-refractivity contribution in [2.75, 3.05) is 18.4 Å². The van der Waals surface area contributed by atoms with Gasteiger partial charge < -0.3 is 14.2 Å². The lowest BCUT2D eigenvalue weighted by atomic mass is 9.84. The number of rotatable bonds is 2. The number of benzene rings is 2. The zero-order chi connectivity index (χ0) is 19.8. The Morgan fingerprint density at radius 2 is 1.76 bits per heavy atom.